The normalized spacial score (nSPS) is 21.5. The van der Waals surface area contributed by atoms with Crippen LogP contribution in [0, 0.1) is 5.92 Å². The van der Waals surface area contributed by atoms with Gasteiger partial charge in [-0.1, -0.05) is 50.3 Å². The first-order valence-corrected chi connectivity index (χ1v) is 5.65. The molecule has 1 aliphatic rings. The molecular weight excluding hydrogens is 184 g/mol. The molecule has 0 radical (unpaired) electrons. The van der Waals surface area contributed by atoms with Crippen LogP contribution in [-0.4, -0.2) is 12.7 Å². The van der Waals surface area contributed by atoms with E-state index in [0.29, 0.717) is 5.92 Å². The Hall–Kier alpha value is -1.08. The first-order valence-electron chi connectivity index (χ1n) is 5.65. The zero-order chi connectivity index (χ0) is 10.7. The topological polar surface area (TPSA) is 9.23 Å². The number of rotatable bonds is 2. The van der Waals surface area contributed by atoms with Crippen LogP contribution in [0.15, 0.2) is 36.4 Å². The van der Waals surface area contributed by atoms with Crippen molar-refractivity contribution < 1.29 is 4.74 Å². The van der Waals surface area contributed by atoms with E-state index in [1.54, 1.807) is 0 Å². The lowest BCUT2D eigenvalue weighted by Crippen LogP contribution is -2.22. The van der Waals surface area contributed by atoms with E-state index in [-0.39, 0.29) is 6.10 Å². The van der Waals surface area contributed by atoms with E-state index < -0.39 is 0 Å². The summed E-state index contributed by atoms with van der Waals surface area (Å²) in [6, 6.07) is 10.6. The molecule has 0 aromatic heterocycles. The molecule has 1 aromatic carbocycles. The average Bonchev–Trinajstić information content (AvgIpc) is 2.30. The van der Waals surface area contributed by atoms with Crippen LogP contribution in [0.1, 0.15) is 25.8 Å². The predicted molar refractivity (Wildman–Crippen MR) is 63.6 cm³/mol. The summed E-state index contributed by atoms with van der Waals surface area (Å²) in [7, 11) is 0. The Morgan fingerprint density at radius 3 is 2.60 bits per heavy atom. The SMILES string of the molecule is CC(C)C1C=C(c2ccccc2)CCO1. The molecule has 0 spiro atoms. The van der Waals surface area contributed by atoms with Gasteiger partial charge in [-0.15, -0.1) is 0 Å². The van der Waals surface area contributed by atoms with Crippen molar-refractivity contribution in [2.45, 2.75) is 26.4 Å². The Morgan fingerprint density at radius 2 is 1.93 bits per heavy atom. The fourth-order valence-electron chi connectivity index (χ4n) is 1.91. The Balaban J connectivity index is 2.22. The van der Waals surface area contributed by atoms with Gasteiger partial charge in [0.25, 0.3) is 0 Å². The van der Waals surface area contributed by atoms with Crippen LogP contribution in [0.3, 0.4) is 0 Å². The summed E-state index contributed by atoms with van der Waals surface area (Å²) in [4.78, 5) is 0. The van der Waals surface area contributed by atoms with Gasteiger partial charge in [0, 0.05) is 0 Å². The lowest BCUT2D eigenvalue weighted by Gasteiger charge is -2.25. The molecule has 0 aliphatic carbocycles. The lowest BCUT2D eigenvalue weighted by atomic mass is 9.95. The summed E-state index contributed by atoms with van der Waals surface area (Å²) in [5.74, 6) is 0.559. The molecule has 1 heterocycles. The molecule has 0 fully saturated rings. The molecule has 1 atom stereocenters. The van der Waals surface area contributed by atoms with E-state index in [1.807, 2.05) is 0 Å². The fourth-order valence-corrected chi connectivity index (χ4v) is 1.91. The van der Waals surface area contributed by atoms with E-state index in [2.05, 4.69) is 50.3 Å². The predicted octanol–water partition coefficient (Wildman–Crippen LogP) is 3.51. The second-order valence-electron chi connectivity index (χ2n) is 4.39. The summed E-state index contributed by atoms with van der Waals surface area (Å²) in [6.07, 6.45) is 3.60. The quantitative estimate of drug-likeness (QED) is 0.713. The second-order valence-corrected chi connectivity index (χ2v) is 4.39. The van der Waals surface area contributed by atoms with Crippen molar-refractivity contribution in [3.8, 4) is 0 Å². The molecule has 1 aliphatic heterocycles. The number of hydrogen-bond acceptors (Lipinski definition) is 1. The molecule has 0 bridgehead atoms. The van der Waals surface area contributed by atoms with Crippen LogP contribution in [0.5, 0.6) is 0 Å². The zero-order valence-electron chi connectivity index (χ0n) is 9.44. The van der Waals surface area contributed by atoms with Gasteiger partial charge in [0.2, 0.25) is 0 Å². The molecule has 80 valence electrons. The third-order valence-corrected chi connectivity index (χ3v) is 2.85. The number of hydrogen-bond donors (Lipinski definition) is 0. The average molecular weight is 202 g/mol. The molecule has 1 heteroatoms. The van der Waals surface area contributed by atoms with Crippen molar-refractivity contribution in [1.29, 1.82) is 0 Å². The van der Waals surface area contributed by atoms with Crippen LogP contribution >= 0.6 is 0 Å². The minimum Gasteiger partial charge on any atom is -0.374 e. The molecule has 1 aromatic rings. The minimum absolute atomic E-state index is 0.286. The molecule has 1 unspecified atom stereocenters. The van der Waals surface area contributed by atoms with Gasteiger partial charge in [-0.05, 0) is 23.5 Å². The summed E-state index contributed by atoms with van der Waals surface area (Å²) in [5.41, 5.74) is 2.77. The van der Waals surface area contributed by atoms with Crippen molar-refractivity contribution in [2.75, 3.05) is 6.61 Å². The summed E-state index contributed by atoms with van der Waals surface area (Å²) >= 11 is 0. The van der Waals surface area contributed by atoms with Gasteiger partial charge in [0.05, 0.1) is 12.7 Å². The Morgan fingerprint density at radius 1 is 1.20 bits per heavy atom. The monoisotopic (exact) mass is 202 g/mol. The largest absolute Gasteiger partial charge is 0.374 e. The zero-order valence-corrected chi connectivity index (χ0v) is 9.44. The molecule has 0 amide bonds. The van der Waals surface area contributed by atoms with Crippen molar-refractivity contribution in [2.24, 2.45) is 5.92 Å². The highest BCUT2D eigenvalue weighted by atomic mass is 16.5. The van der Waals surface area contributed by atoms with Gasteiger partial charge in [-0.3, -0.25) is 0 Å². The second kappa shape index (κ2) is 4.63. The highest BCUT2D eigenvalue weighted by Gasteiger charge is 2.17. The van der Waals surface area contributed by atoms with E-state index in [9.17, 15) is 0 Å². The van der Waals surface area contributed by atoms with Crippen LogP contribution in [-0.2, 0) is 4.74 Å². The Labute approximate surface area is 91.8 Å². The maximum absolute atomic E-state index is 5.71. The van der Waals surface area contributed by atoms with Crippen molar-refractivity contribution in [3.05, 3.63) is 42.0 Å². The molecule has 2 rings (SSSR count). The first kappa shape index (κ1) is 10.4. The van der Waals surface area contributed by atoms with E-state index in [1.165, 1.54) is 11.1 Å². The van der Waals surface area contributed by atoms with Crippen LogP contribution in [0.4, 0.5) is 0 Å². The summed E-state index contributed by atoms with van der Waals surface area (Å²) in [6.45, 7) is 5.26. The molecule has 0 N–H and O–H groups in total. The molecule has 0 saturated heterocycles. The molecule has 15 heavy (non-hydrogen) atoms. The van der Waals surface area contributed by atoms with Gasteiger partial charge in [0.15, 0.2) is 0 Å². The van der Waals surface area contributed by atoms with Crippen LogP contribution < -0.4 is 0 Å². The van der Waals surface area contributed by atoms with E-state index >= 15 is 0 Å². The molecule has 0 saturated carbocycles. The molecular formula is C14H18O. The maximum Gasteiger partial charge on any atom is 0.0784 e. The maximum atomic E-state index is 5.71. The van der Waals surface area contributed by atoms with Gasteiger partial charge in [0.1, 0.15) is 0 Å². The Bertz CT molecular complexity index is 338. The molecule has 1 nitrogen and oxygen atoms in total. The van der Waals surface area contributed by atoms with E-state index in [0.717, 1.165) is 13.0 Å². The number of benzene rings is 1. The Kier molecular flexibility index (Phi) is 3.22. The highest BCUT2D eigenvalue weighted by Crippen LogP contribution is 2.25. The first-order chi connectivity index (χ1) is 7.27. The fraction of sp³-hybridized carbons (Fsp3) is 0.429. The van der Waals surface area contributed by atoms with Gasteiger partial charge >= 0.3 is 0 Å². The lowest BCUT2D eigenvalue weighted by molar-refractivity contribution is 0.0525. The van der Waals surface area contributed by atoms with Crippen molar-refractivity contribution in [1.82, 2.24) is 0 Å². The van der Waals surface area contributed by atoms with Gasteiger partial charge in [-0.25, -0.2) is 0 Å². The van der Waals surface area contributed by atoms with E-state index in [4.69, 9.17) is 4.74 Å². The minimum atomic E-state index is 0.286. The van der Waals surface area contributed by atoms with Crippen molar-refractivity contribution in [3.63, 3.8) is 0 Å². The van der Waals surface area contributed by atoms with Crippen molar-refractivity contribution >= 4 is 5.57 Å². The van der Waals surface area contributed by atoms with Crippen LogP contribution in [0.2, 0.25) is 0 Å². The summed E-state index contributed by atoms with van der Waals surface area (Å²) in [5, 5.41) is 0. The number of ether oxygens (including phenoxy) is 1. The summed E-state index contributed by atoms with van der Waals surface area (Å²) < 4.78 is 5.71. The highest BCUT2D eigenvalue weighted by molar-refractivity contribution is 5.66. The standard InChI is InChI=1S/C14H18O/c1-11(2)14-10-13(8-9-15-14)12-6-4-3-5-7-12/h3-7,10-11,14H,8-9H2,1-2H3. The van der Waals surface area contributed by atoms with Crippen LogP contribution in [0.25, 0.3) is 5.57 Å². The third-order valence-electron chi connectivity index (χ3n) is 2.85. The smallest absolute Gasteiger partial charge is 0.0784 e. The van der Waals surface area contributed by atoms with Gasteiger partial charge in [-0.2, -0.15) is 0 Å². The van der Waals surface area contributed by atoms with Gasteiger partial charge < -0.3 is 4.74 Å². The third kappa shape index (κ3) is 2.48.